The van der Waals surface area contributed by atoms with Gasteiger partial charge >= 0.3 is 5.97 Å². The molecule has 0 saturated heterocycles. The molecule has 0 aliphatic carbocycles. The maximum Gasteiger partial charge on any atom is 0.320 e. The van der Waals surface area contributed by atoms with E-state index in [2.05, 4.69) is 48.4 Å². The van der Waals surface area contributed by atoms with Crippen molar-refractivity contribution >= 4 is 11.9 Å². The van der Waals surface area contributed by atoms with Crippen molar-refractivity contribution in [2.45, 2.75) is 32.2 Å². The number of benzene rings is 2. The van der Waals surface area contributed by atoms with Crippen LogP contribution >= 0.6 is 0 Å². The molecule has 6 heteroatoms. The van der Waals surface area contributed by atoms with Gasteiger partial charge in [0.05, 0.1) is 5.69 Å². The molecule has 3 rings (SSSR count). The Morgan fingerprint density at radius 3 is 2.25 bits per heavy atom. The van der Waals surface area contributed by atoms with Crippen LogP contribution in [0, 0.1) is 5.92 Å². The minimum absolute atomic E-state index is 0.158. The Bertz CT molecular complexity index is 1030. The van der Waals surface area contributed by atoms with Crippen LogP contribution in [0.5, 0.6) is 0 Å². The van der Waals surface area contributed by atoms with Crippen molar-refractivity contribution in [2.24, 2.45) is 11.7 Å². The first-order valence-corrected chi connectivity index (χ1v) is 10.7. The highest BCUT2D eigenvalue weighted by molar-refractivity contribution is 5.94. The van der Waals surface area contributed by atoms with Crippen molar-refractivity contribution in [1.29, 1.82) is 0 Å². The normalized spacial score (nSPS) is 12.9. The summed E-state index contributed by atoms with van der Waals surface area (Å²) in [6.07, 6.45) is 2.00. The summed E-state index contributed by atoms with van der Waals surface area (Å²) in [6, 6.07) is 20.1. The number of aromatic nitrogens is 1. The largest absolute Gasteiger partial charge is 0.480 e. The number of rotatable bonds is 9. The van der Waals surface area contributed by atoms with Gasteiger partial charge in [-0.2, -0.15) is 0 Å². The Morgan fingerprint density at radius 2 is 1.69 bits per heavy atom. The van der Waals surface area contributed by atoms with Gasteiger partial charge in [0.15, 0.2) is 0 Å². The average molecular weight is 432 g/mol. The number of hydrogen-bond acceptors (Lipinski definition) is 4. The number of carbonyl (C=O) groups is 2. The van der Waals surface area contributed by atoms with Gasteiger partial charge < -0.3 is 16.2 Å². The monoisotopic (exact) mass is 431 g/mol. The molecular weight excluding hydrogens is 402 g/mol. The number of pyridine rings is 1. The summed E-state index contributed by atoms with van der Waals surface area (Å²) in [4.78, 5) is 27.9. The standard InChI is InChI=1S/C26H29N3O3/c1-17(2)22(19-10-12-20(13-11-19)24-5-3-4-14-28-24)16-29-25(30)21-8-6-18(7-9-21)15-23(27)26(31)32/h3-14,17,22-23H,15-16,27H2,1-2H3,(H,29,30)(H,31,32)/t22-,23+/m1/s1. The van der Waals surface area contributed by atoms with Crippen molar-refractivity contribution < 1.29 is 14.7 Å². The highest BCUT2D eigenvalue weighted by atomic mass is 16.4. The van der Waals surface area contributed by atoms with Crippen LogP contribution < -0.4 is 11.1 Å². The van der Waals surface area contributed by atoms with Crippen molar-refractivity contribution in [3.63, 3.8) is 0 Å². The van der Waals surface area contributed by atoms with Crippen LogP contribution in [-0.4, -0.2) is 34.6 Å². The summed E-state index contributed by atoms with van der Waals surface area (Å²) < 4.78 is 0. The second-order valence-corrected chi connectivity index (χ2v) is 8.24. The van der Waals surface area contributed by atoms with E-state index in [1.54, 1.807) is 30.5 Å². The van der Waals surface area contributed by atoms with Gasteiger partial charge in [-0.1, -0.05) is 56.3 Å². The predicted molar refractivity (Wildman–Crippen MR) is 125 cm³/mol. The van der Waals surface area contributed by atoms with E-state index in [4.69, 9.17) is 10.8 Å². The highest BCUT2D eigenvalue weighted by Crippen LogP contribution is 2.26. The number of carbonyl (C=O) groups excluding carboxylic acids is 1. The van der Waals surface area contributed by atoms with Crippen LogP contribution in [-0.2, 0) is 11.2 Å². The quantitative estimate of drug-likeness (QED) is 0.477. The topological polar surface area (TPSA) is 105 Å². The molecule has 0 unspecified atom stereocenters. The second kappa shape index (κ2) is 10.7. The summed E-state index contributed by atoms with van der Waals surface area (Å²) in [7, 11) is 0. The molecule has 3 aromatic rings. The predicted octanol–water partition coefficient (Wildman–Crippen LogP) is 3.87. The van der Waals surface area contributed by atoms with E-state index < -0.39 is 12.0 Å². The average Bonchev–Trinajstić information content (AvgIpc) is 2.80. The lowest BCUT2D eigenvalue weighted by molar-refractivity contribution is -0.138. The Balaban J connectivity index is 1.63. The maximum absolute atomic E-state index is 12.6. The lowest BCUT2D eigenvalue weighted by Crippen LogP contribution is -2.32. The van der Waals surface area contributed by atoms with Gasteiger partial charge in [0.2, 0.25) is 0 Å². The number of nitrogens with one attached hydrogen (secondary N) is 1. The van der Waals surface area contributed by atoms with E-state index >= 15 is 0 Å². The summed E-state index contributed by atoms with van der Waals surface area (Å²) in [5.74, 6) is -0.685. The number of carboxylic acid groups (broad SMARTS) is 1. The molecule has 1 amide bonds. The molecule has 4 N–H and O–H groups in total. The van der Waals surface area contributed by atoms with Crippen molar-refractivity contribution in [3.8, 4) is 11.3 Å². The Morgan fingerprint density at radius 1 is 1.00 bits per heavy atom. The molecule has 32 heavy (non-hydrogen) atoms. The van der Waals surface area contributed by atoms with E-state index in [0.717, 1.165) is 22.4 Å². The molecule has 1 heterocycles. The number of nitrogens with two attached hydrogens (primary N) is 1. The first-order chi connectivity index (χ1) is 15.3. The van der Waals surface area contributed by atoms with Crippen LogP contribution in [0.2, 0.25) is 0 Å². The SMILES string of the molecule is CC(C)[C@@H](CNC(=O)c1ccc(C[C@H](N)C(=O)O)cc1)c1ccc(-c2ccccn2)cc1. The summed E-state index contributed by atoms with van der Waals surface area (Å²) >= 11 is 0. The van der Waals surface area contributed by atoms with E-state index in [1.807, 2.05) is 18.2 Å². The highest BCUT2D eigenvalue weighted by Gasteiger charge is 2.18. The zero-order chi connectivity index (χ0) is 23.1. The first kappa shape index (κ1) is 23.2. The molecule has 0 bridgehead atoms. The molecule has 1 aromatic heterocycles. The molecule has 0 aliphatic rings. The number of carboxylic acids is 1. The smallest absolute Gasteiger partial charge is 0.320 e. The van der Waals surface area contributed by atoms with Crippen LogP contribution in [0.1, 0.15) is 41.3 Å². The molecule has 2 atom stereocenters. The lowest BCUT2D eigenvalue weighted by Gasteiger charge is -2.22. The van der Waals surface area contributed by atoms with Crippen LogP contribution in [0.15, 0.2) is 72.9 Å². The number of aliphatic carboxylic acids is 1. The van der Waals surface area contributed by atoms with E-state index in [9.17, 15) is 9.59 Å². The van der Waals surface area contributed by atoms with Gasteiger partial charge in [-0.15, -0.1) is 0 Å². The lowest BCUT2D eigenvalue weighted by atomic mass is 9.87. The number of nitrogens with zero attached hydrogens (tertiary/aromatic N) is 1. The van der Waals surface area contributed by atoms with E-state index in [-0.39, 0.29) is 18.2 Å². The summed E-state index contributed by atoms with van der Waals surface area (Å²) in [5.41, 5.74) is 10.0. The zero-order valence-corrected chi connectivity index (χ0v) is 18.4. The summed E-state index contributed by atoms with van der Waals surface area (Å²) in [6.45, 7) is 4.80. The van der Waals surface area contributed by atoms with Gasteiger partial charge in [-0.05, 0) is 47.7 Å². The van der Waals surface area contributed by atoms with Crippen molar-refractivity contribution in [2.75, 3.05) is 6.54 Å². The minimum atomic E-state index is -1.04. The van der Waals surface area contributed by atoms with Crippen LogP contribution in [0.4, 0.5) is 0 Å². The van der Waals surface area contributed by atoms with Crippen LogP contribution in [0.25, 0.3) is 11.3 Å². The van der Waals surface area contributed by atoms with Gasteiger partial charge in [-0.25, -0.2) is 0 Å². The fourth-order valence-electron chi connectivity index (χ4n) is 3.61. The Kier molecular flexibility index (Phi) is 7.73. The van der Waals surface area contributed by atoms with Gasteiger partial charge in [0, 0.05) is 29.8 Å². The van der Waals surface area contributed by atoms with Gasteiger partial charge in [-0.3, -0.25) is 14.6 Å². The van der Waals surface area contributed by atoms with Gasteiger partial charge in [0.25, 0.3) is 5.91 Å². The van der Waals surface area contributed by atoms with Crippen LogP contribution in [0.3, 0.4) is 0 Å². The molecule has 0 spiro atoms. The molecule has 0 fully saturated rings. The van der Waals surface area contributed by atoms with Crippen molar-refractivity contribution in [1.82, 2.24) is 10.3 Å². The van der Waals surface area contributed by atoms with E-state index in [1.165, 1.54) is 0 Å². The van der Waals surface area contributed by atoms with E-state index in [0.29, 0.717) is 18.0 Å². The van der Waals surface area contributed by atoms with Crippen molar-refractivity contribution in [3.05, 3.63) is 89.6 Å². The first-order valence-electron chi connectivity index (χ1n) is 10.7. The number of amides is 1. The molecule has 0 radical (unpaired) electrons. The number of hydrogen-bond donors (Lipinski definition) is 3. The summed E-state index contributed by atoms with van der Waals surface area (Å²) in [5, 5.41) is 12.0. The minimum Gasteiger partial charge on any atom is -0.480 e. The third kappa shape index (κ3) is 6.02. The second-order valence-electron chi connectivity index (χ2n) is 8.24. The Labute approximate surface area is 188 Å². The molecule has 2 aromatic carbocycles. The zero-order valence-electron chi connectivity index (χ0n) is 18.4. The molecule has 0 saturated carbocycles. The van der Waals surface area contributed by atoms with Gasteiger partial charge in [0.1, 0.15) is 6.04 Å². The fourth-order valence-corrected chi connectivity index (χ4v) is 3.61. The third-order valence-electron chi connectivity index (χ3n) is 5.58. The third-order valence-corrected chi connectivity index (χ3v) is 5.58. The molecule has 6 nitrogen and oxygen atoms in total. The molecular formula is C26H29N3O3. The Hall–Kier alpha value is -3.51. The maximum atomic E-state index is 12.6. The molecule has 0 aliphatic heterocycles. The molecule has 166 valence electrons. The fraction of sp³-hybridized carbons (Fsp3) is 0.269.